The minimum Gasteiger partial charge on any atom is -0.331 e. The highest BCUT2D eigenvalue weighted by Crippen LogP contribution is 2.54. The summed E-state index contributed by atoms with van der Waals surface area (Å²) >= 11 is 8.64. The second-order valence-corrected chi connectivity index (χ2v) is 12.3. The van der Waals surface area contributed by atoms with Gasteiger partial charge in [-0.2, -0.15) is 0 Å². The first-order chi connectivity index (χ1) is 12.3. The molecule has 0 spiro atoms. The molecule has 0 radical (unpaired) electrons. The first-order valence-corrected chi connectivity index (χ1v) is 13.2. The van der Waals surface area contributed by atoms with E-state index in [4.69, 9.17) is 21.2 Å². The number of hydrogen-bond donors (Lipinski definition) is 1. The zero-order valence-corrected chi connectivity index (χ0v) is 19.0. The van der Waals surface area contributed by atoms with E-state index < -0.39 is 12.5 Å². The van der Waals surface area contributed by atoms with Crippen LogP contribution in [0.1, 0.15) is 27.7 Å². The molecule has 0 aromatic heterocycles. The summed E-state index contributed by atoms with van der Waals surface area (Å²) in [6.07, 6.45) is -2.86. The maximum atomic E-state index is 11.8. The summed E-state index contributed by atoms with van der Waals surface area (Å²) in [5, 5.41) is 7.13. The molecule has 1 amide bonds. The maximum absolute atomic E-state index is 11.8. The predicted molar refractivity (Wildman–Crippen MR) is 119 cm³/mol. The maximum Gasteiger partial charge on any atom is 0.434 e. The summed E-state index contributed by atoms with van der Waals surface area (Å²) in [7, 11) is 0. The van der Waals surface area contributed by atoms with Crippen LogP contribution in [0.4, 0.5) is 10.5 Å². The Kier molecular flexibility index (Phi) is 10.6. The minimum absolute atomic E-state index is 0.0175. The normalized spacial score (nSPS) is 14.0. The largest absolute Gasteiger partial charge is 0.434 e. The van der Waals surface area contributed by atoms with E-state index >= 15 is 0 Å². The van der Waals surface area contributed by atoms with Gasteiger partial charge in [-0.1, -0.05) is 30.3 Å². The number of carbonyl (C=O) groups excluding carboxylic acids is 1. The first-order valence-electron chi connectivity index (χ1n) is 8.13. The van der Waals surface area contributed by atoms with E-state index in [0.717, 1.165) is 11.4 Å². The van der Waals surface area contributed by atoms with Crippen LogP contribution < -0.4 is 9.39 Å². The summed E-state index contributed by atoms with van der Waals surface area (Å²) in [6, 6.07) is 9.76. The molecule has 1 aromatic carbocycles. The third kappa shape index (κ3) is 8.77. The molecule has 0 aliphatic rings. The van der Waals surface area contributed by atoms with Gasteiger partial charge in [0.1, 0.15) is 5.04 Å². The number of amides is 1. The SMILES string of the molecule is CCSC(C)=NOC(=O)NCSN(c1ccccc1)P(C)(=S)OC(C)C. The lowest BCUT2D eigenvalue weighted by Crippen LogP contribution is -2.25. The Bertz CT molecular complexity index is 644. The summed E-state index contributed by atoms with van der Waals surface area (Å²) < 4.78 is 7.94. The second kappa shape index (κ2) is 11.9. The van der Waals surface area contributed by atoms with Crippen LogP contribution in [0.3, 0.4) is 0 Å². The third-order valence-corrected chi connectivity index (χ3v) is 8.28. The van der Waals surface area contributed by atoms with Crippen molar-refractivity contribution >= 4 is 58.8 Å². The van der Waals surface area contributed by atoms with Crippen LogP contribution in [0.5, 0.6) is 0 Å². The monoisotopic (exact) mass is 435 g/mol. The number of nitrogens with one attached hydrogen (secondary N) is 1. The fourth-order valence-corrected chi connectivity index (χ4v) is 6.76. The number of thioether (sulfide) groups is 1. The molecule has 1 N–H and O–H groups in total. The molecule has 1 rings (SSSR count). The topological polar surface area (TPSA) is 63.2 Å². The quantitative estimate of drug-likeness (QED) is 0.108. The highest BCUT2D eigenvalue weighted by Gasteiger charge is 2.24. The number of hydrogen-bond acceptors (Lipinski definition) is 7. The zero-order chi connectivity index (χ0) is 19.6. The van der Waals surface area contributed by atoms with Crippen LogP contribution in [0.2, 0.25) is 0 Å². The summed E-state index contributed by atoms with van der Waals surface area (Å²) in [6.45, 7) is 9.65. The van der Waals surface area contributed by atoms with Crippen molar-refractivity contribution in [1.29, 1.82) is 0 Å². The molecule has 146 valence electrons. The first kappa shape index (κ1) is 23.3. The molecule has 10 heteroatoms. The molecule has 0 saturated heterocycles. The standard InChI is InChI=1S/C16H26N3O3PS3/c1-6-25-14(4)18-21-16(20)17-12-26-19(15-10-8-7-9-11-15)23(5,24)22-13(2)3/h7-11,13H,6,12H2,1-5H3,(H,17,20). The fourth-order valence-electron chi connectivity index (χ4n) is 1.90. The van der Waals surface area contributed by atoms with Crippen molar-refractivity contribution in [3.8, 4) is 0 Å². The Morgan fingerprint density at radius 1 is 1.38 bits per heavy atom. The van der Waals surface area contributed by atoms with E-state index in [2.05, 4.69) is 10.5 Å². The van der Waals surface area contributed by atoms with Crippen molar-refractivity contribution in [3.05, 3.63) is 30.3 Å². The van der Waals surface area contributed by atoms with Gasteiger partial charge in [0.2, 0.25) is 0 Å². The highest BCUT2D eigenvalue weighted by atomic mass is 32.5. The van der Waals surface area contributed by atoms with Gasteiger partial charge < -0.3 is 9.84 Å². The van der Waals surface area contributed by atoms with Gasteiger partial charge in [0, 0.05) is 6.66 Å². The lowest BCUT2D eigenvalue weighted by Gasteiger charge is -2.33. The zero-order valence-electron chi connectivity index (χ0n) is 15.7. The molecular weight excluding hydrogens is 409 g/mol. The average Bonchev–Trinajstić information content (AvgIpc) is 2.56. The molecule has 26 heavy (non-hydrogen) atoms. The van der Waals surface area contributed by atoms with E-state index in [1.165, 1.54) is 23.7 Å². The van der Waals surface area contributed by atoms with Gasteiger partial charge in [0.25, 0.3) is 0 Å². The molecule has 0 heterocycles. The van der Waals surface area contributed by atoms with Crippen LogP contribution in [0.15, 0.2) is 35.5 Å². The molecule has 0 fully saturated rings. The van der Waals surface area contributed by atoms with Crippen molar-refractivity contribution in [3.63, 3.8) is 0 Å². The Morgan fingerprint density at radius 2 is 2.04 bits per heavy atom. The van der Waals surface area contributed by atoms with Gasteiger partial charge >= 0.3 is 6.09 Å². The number of rotatable bonds is 9. The van der Waals surface area contributed by atoms with Crippen molar-refractivity contribution < 1.29 is 14.2 Å². The minimum atomic E-state index is -2.27. The smallest absolute Gasteiger partial charge is 0.331 e. The van der Waals surface area contributed by atoms with Gasteiger partial charge in [-0.15, -0.1) is 11.8 Å². The number of oxime groups is 1. The van der Waals surface area contributed by atoms with Crippen molar-refractivity contribution in [2.75, 3.05) is 22.4 Å². The van der Waals surface area contributed by atoms with E-state index in [0.29, 0.717) is 5.04 Å². The molecule has 1 atom stereocenters. The Hall–Kier alpha value is -0.730. The molecule has 1 unspecified atom stereocenters. The average molecular weight is 436 g/mol. The summed E-state index contributed by atoms with van der Waals surface area (Å²) in [5.74, 6) is 1.16. The molecule has 0 aliphatic heterocycles. The van der Waals surface area contributed by atoms with E-state index in [1.807, 2.05) is 61.8 Å². The highest BCUT2D eigenvalue weighted by molar-refractivity contribution is 8.21. The molecular formula is C16H26N3O3PS3. The van der Waals surface area contributed by atoms with Gasteiger partial charge in [0.15, 0.2) is 6.42 Å². The molecule has 0 aliphatic carbocycles. The number of benzene rings is 1. The predicted octanol–water partition coefficient (Wildman–Crippen LogP) is 5.28. The molecule has 1 aromatic rings. The van der Waals surface area contributed by atoms with Crippen molar-refractivity contribution in [2.45, 2.75) is 33.8 Å². The fraction of sp³-hybridized carbons (Fsp3) is 0.500. The van der Waals surface area contributed by atoms with E-state index in [9.17, 15) is 4.79 Å². The Balaban J connectivity index is 2.69. The van der Waals surface area contributed by atoms with Crippen LogP contribution in [-0.4, -0.2) is 35.5 Å². The van der Waals surface area contributed by atoms with E-state index in [1.54, 1.807) is 6.92 Å². The molecule has 6 nitrogen and oxygen atoms in total. The third-order valence-electron chi connectivity index (χ3n) is 2.73. The number of para-hydroxylation sites is 1. The number of nitrogens with zero attached hydrogens (tertiary/aromatic N) is 2. The second-order valence-electron chi connectivity index (χ2n) is 5.44. The van der Waals surface area contributed by atoms with Crippen LogP contribution in [0.25, 0.3) is 0 Å². The van der Waals surface area contributed by atoms with Crippen LogP contribution >= 0.6 is 30.1 Å². The van der Waals surface area contributed by atoms with Crippen molar-refractivity contribution in [1.82, 2.24) is 5.32 Å². The van der Waals surface area contributed by atoms with Gasteiger partial charge in [-0.05, 0) is 62.4 Å². The lowest BCUT2D eigenvalue weighted by atomic mass is 10.3. The Labute approximate surface area is 169 Å². The lowest BCUT2D eigenvalue weighted by molar-refractivity contribution is 0.153. The molecule has 0 bridgehead atoms. The summed E-state index contributed by atoms with van der Waals surface area (Å²) in [5.41, 5.74) is 0.937. The van der Waals surface area contributed by atoms with Crippen LogP contribution in [0, 0.1) is 0 Å². The van der Waals surface area contributed by atoms with Crippen molar-refractivity contribution in [2.24, 2.45) is 5.16 Å². The summed E-state index contributed by atoms with van der Waals surface area (Å²) in [4.78, 5) is 16.6. The van der Waals surface area contributed by atoms with Gasteiger partial charge in [-0.3, -0.25) is 8.91 Å². The van der Waals surface area contributed by atoms with Gasteiger partial charge in [-0.25, -0.2) is 4.79 Å². The number of carbonyl (C=O) groups is 1. The van der Waals surface area contributed by atoms with E-state index in [-0.39, 0.29) is 12.0 Å². The Morgan fingerprint density at radius 3 is 2.62 bits per heavy atom. The number of anilines is 1. The van der Waals surface area contributed by atoms with Crippen LogP contribution in [-0.2, 0) is 21.2 Å². The molecule has 0 saturated carbocycles. The van der Waals surface area contributed by atoms with Gasteiger partial charge in [0.05, 0.1) is 17.7 Å².